The van der Waals surface area contributed by atoms with Crippen LogP contribution in [0, 0.1) is 0 Å². The van der Waals surface area contributed by atoms with E-state index in [1.165, 1.54) is 44.9 Å². The molecule has 27 heavy (non-hydrogen) atoms. The molecular formula is C21H40O5S. The molecule has 0 saturated carbocycles. The molecule has 0 saturated heterocycles. The number of aliphatic hydroxyl groups excluding tert-OH is 2. The van der Waals surface area contributed by atoms with E-state index in [1.54, 1.807) is 0 Å². The molecular weight excluding hydrogens is 364 g/mol. The summed E-state index contributed by atoms with van der Waals surface area (Å²) in [5, 5.41) is 25.3. The fraction of sp³-hybridized carbons (Fsp3) is 0.857. The molecule has 0 aliphatic carbocycles. The summed E-state index contributed by atoms with van der Waals surface area (Å²) in [6, 6.07) is 0. The molecule has 0 heterocycles. The molecule has 0 aromatic carbocycles. The van der Waals surface area contributed by atoms with Crippen LogP contribution in [0.1, 0.15) is 96.8 Å². The van der Waals surface area contributed by atoms with E-state index in [0.717, 1.165) is 32.1 Å². The highest BCUT2D eigenvalue weighted by Crippen LogP contribution is 2.19. The largest absolute Gasteiger partial charge is 0.420 e. The summed E-state index contributed by atoms with van der Waals surface area (Å²) in [6.45, 7) is 1.51. The molecule has 6 heteroatoms. The van der Waals surface area contributed by atoms with Gasteiger partial charge in [0.25, 0.3) is 5.12 Å². The molecule has 2 atom stereocenters. The summed E-state index contributed by atoms with van der Waals surface area (Å²) in [7, 11) is 0. The second-order valence-corrected chi connectivity index (χ2v) is 7.81. The van der Waals surface area contributed by atoms with Gasteiger partial charge in [0.2, 0.25) is 0 Å². The normalized spacial score (nSPS) is 15.0. The standard InChI is InChI=1S/C21H40O5S/c1-2-3-4-5-6-7-8-9-10-11-12-13-14-15-16-17-20(24)26-21(25,27)19(23)18-22/h9-10,19,22-23,25,27H,2-8,11-18H2,1H3/b10-9-. The Balaban J connectivity index is 3.44. The first-order valence-corrected chi connectivity index (χ1v) is 11.0. The molecule has 0 aliphatic heterocycles. The average molecular weight is 405 g/mol. The maximum Gasteiger partial charge on any atom is 0.309 e. The van der Waals surface area contributed by atoms with Gasteiger partial charge in [-0.15, -0.1) is 0 Å². The number of rotatable bonds is 18. The first-order chi connectivity index (χ1) is 12.9. The molecule has 5 nitrogen and oxygen atoms in total. The van der Waals surface area contributed by atoms with Crippen molar-refractivity contribution < 1.29 is 24.9 Å². The third-order valence-electron chi connectivity index (χ3n) is 4.51. The van der Waals surface area contributed by atoms with Crippen LogP contribution in [0.3, 0.4) is 0 Å². The van der Waals surface area contributed by atoms with Crippen LogP contribution in [0.4, 0.5) is 0 Å². The highest BCUT2D eigenvalue weighted by Gasteiger charge is 2.35. The van der Waals surface area contributed by atoms with Gasteiger partial charge in [-0.2, -0.15) is 0 Å². The fourth-order valence-corrected chi connectivity index (χ4v) is 2.93. The molecule has 0 spiro atoms. The van der Waals surface area contributed by atoms with Gasteiger partial charge < -0.3 is 20.1 Å². The van der Waals surface area contributed by atoms with E-state index >= 15 is 0 Å². The lowest BCUT2D eigenvalue weighted by atomic mass is 10.1. The molecule has 0 amide bonds. The number of ether oxygens (including phenoxy) is 1. The first kappa shape index (κ1) is 26.4. The third-order valence-corrected chi connectivity index (χ3v) is 4.90. The predicted octanol–water partition coefficient (Wildman–Crippen LogP) is 4.50. The van der Waals surface area contributed by atoms with Crippen LogP contribution in [0.5, 0.6) is 0 Å². The highest BCUT2D eigenvalue weighted by atomic mass is 32.1. The third kappa shape index (κ3) is 16.1. The highest BCUT2D eigenvalue weighted by molar-refractivity contribution is 7.81. The van der Waals surface area contributed by atoms with Gasteiger partial charge >= 0.3 is 5.97 Å². The Morgan fingerprint density at radius 3 is 1.96 bits per heavy atom. The number of allylic oxidation sites excluding steroid dienone is 2. The molecule has 3 N–H and O–H groups in total. The van der Waals surface area contributed by atoms with Crippen LogP contribution < -0.4 is 0 Å². The summed E-state index contributed by atoms with van der Waals surface area (Å²) in [4.78, 5) is 11.6. The molecule has 0 rings (SSSR count). The minimum absolute atomic E-state index is 0.166. The Labute approximate surface area is 170 Å². The summed E-state index contributed by atoms with van der Waals surface area (Å²) >= 11 is 3.65. The van der Waals surface area contributed by atoms with Crippen molar-refractivity contribution in [2.75, 3.05) is 6.61 Å². The Morgan fingerprint density at radius 1 is 0.963 bits per heavy atom. The maximum atomic E-state index is 11.6. The number of thiol groups is 1. The van der Waals surface area contributed by atoms with Gasteiger partial charge in [-0.05, 0) is 32.1 Å². The van der Waals surface area contributed by atoms with Gasteiger partial charge in [0.1, 0.15) is 0 Å². The van der Waals surface area contributed by atoms with Gasteiger partial charge in [0.05, 0.1) is 6.61 Å². The number of aliphatic hydroxyl groups is 3. The van der Waals surface area contributed by atoms with E-state index < -0.39 is 23.8 Å². The van der Waals surface area contributed by atoms with Crippen molar-refractivity contribution in [1.82, 2.24) is 0 Å². The van der Waals surface area contributed by atoms with Crippen LogP contribution >= 0.6 is 12.6 Å². The van der Waals surface area contributed by atoms with Crippen molar-refractivity contribution in [2.24, 2.45) is 0 Å². The maximum absolute atomic E-state index is 11.6. The van der Waals surface area contributed by atoms with E-state index in [-0.39, 0.29) is 6.42 Å². The zero-order valence-corrected chi connectivity index (χ0v) is 17.8. The summed E-state index contributed by atoms with van der Waals surface area (Å²) in [5.41, 5.74) is 0. The molecule has 160 valence electrons. The van der Waals surface area contributed by atoms with Gasteiger partial charge in [-0.25, -0.2) is 0 Å². The quantitative estimate of drug-likeness (QED) is 0.0888. The second kappa shape index (κ2) is 17.5. The zero-order valence-electron chi connectivity index (χ0n) is 16.9. The lowest BCUT2D eigenvalue weighted by molar-refractivity contribution is -0.205. The Hall–Kier alpha value is -0.560. The molecule has 0 aliphatic rings. The van der Waals surface area contributed by atoms with E-state index in [0.29, 0.717) is 6.42 Å². The minimum atomic E-state index is -2.34. The van der Waals surface area contributed by atoms with Crippen molar-refractivity contribution in [1.29, 1.82) is 0 Å². The Bertz CT molecular complexity index is 385. The number of hydrogen-bond donors (Lipinski definition) is 4. The van der Waals surface area contributed by atoms with E-state index in [4.69, 9.17) is 5.11 Å². The SMILES string of the molecule is CCCCCCCC/C=C\CCCCCCCC(=O)OC(O)(S)C(O)CO. The topological polar surface area (TPSA) is 87.0 Å². The molecule has 0 aromatic rings. The predicted molar refractivity (Wildman–Crippen MR) is 113 cm³/mol. The van der Waals surface area contributed by atoms with Gasteiger partial charge in [-0.3, -0.25) is 4.79 Å². The first-order valence-electron chi connectivity index (χ1n) is 10.5. The van der Waals surface area contributed by atoms with Crippen molar-refractivity contribution in [3.8, 4) is 0 Å². The molecule has 0 aromatic heterocycles. The zero-order chi connectivity index (χ0) is 20.4. The van der Waals surface area contributed by atoms with Crippen molar-refractivity contribution >= 4 is 18.6 Å². The lowest BCUT2D eigenvalue weighted by Crippen LogP contribution is -2.43. The van der Waals surface area contributed by atoms with Crippen molar-refractivity contribution in [2.45, 2.75) is 108 Å². The van der Waals surface area contributed by atoms with E-state index in [1.807, 2.05) is 0 Å². The monoisotopic (exact) mass is 404 g/mol. The number of esters is 1. The van der Waals surface area contributed by atoms with Gasteiger partial charge in [0, 0.05) is 6.42 Å². The van der Waals surface area contributed by atoms with E-state index in [2.05, 4.69) is 36.4 Å². The average Bonchev–Trinajstić information content (AvgIpc) is 2.63. The van der Waals surface area contributed by atoms with E-state index in [9.17, 15) is 15.0 Å². The van der Waals surface area contributed by atoms with Gasteiger partial charge in [0.15, 0.2) is 6.10 Å². The number of unbranched alkanes of at least 4 members (excludes halogenated alkanes) is 11. The van der Waals surface area contributed by atoms with Crippen molar-refractivity contribution in [3.63, 3.8) is 0 Å². The molecule has 0 fully saturated rings. The Morgan fingerprint density at radius 2 is 1.44 bits per heavy atom. The smallest absolute Gasteiger partial charge is 0.309 e. The van der Waals surface area contributed by atoms with Crippen LogP contribution in [0.15, 0.2) is 12.2 Å². The van der Waals surface area contributed by atoms with Crippen molar-refractivity contribution in [3.05, 3.63) is 12.2 Å². The number of carbonyl (C=O) groups is 1. The fourth-order valence-electron chi connectivity index (χ4n) is 2.75. The van der Waals surface area contributed by atoms with Crippen LogP contribution in [0.2, 0.25) is 0 Å². The molecule has 0 radical (unpaired) electrons. The summed E-state index contributed by atoms with van der Waals surface area (Å²) in [6.07, 6.45) is 18.4. The number of carbonyl (C=O) groups excluding carboxylic acids is 1. The summed E-state index contributed by atoms with van der Waals surface area (Å²) in [5.74, 6) is -0.627. The Kier molecular flexibility index (Phi) is 17.2. The molecule has 2 unspecified atom stereocenters. The molecule has 0 bridgehead atoms. The van der Waals surface area contributed by atoms with Crippen LogP contribution in [-0.2, 0) is 9.53 Å². The van der Waals surface area contributed by atoms with Gasteiger partial charge in [-0.1, -0.05) is 83.1 Å². The van der Waals surface area contributed by atoms with Crippen LogP contribution in [-0.4, -0.2) is 39.1 Å². The second-order valence-electron chi connectivity index (χ2n) is 7.17. The van der Waals surface area contributed by atoms with Crippen LogP contribution in [0.25, 0.3) is 0 Å². The summed E-state index contributed by atoms with van der Waals surface area (Å²) < 4.78 is 4.67. The number of hydrogen-bond acceptors (Lipinski definition) is 6. The lowest BCUT2D eigenvalue weighted by Gasteiger charge is -2.26. The minimum Gasteiger partial charge on any atom is -0.420 e.